The summed E-state index contributed by atoms with van der Waals surface area (Å²) in [4.78, 5) is 23.5. The summed E-state index contributed by atoms with van der Waals surface area (Å²) in [6.07, 6.45) is 2.46. The average molecular weight is 497 g/mol. The summed E-state index contributed by atoms with van der Waals surface area (Å²) in [5.41, 5.74) is -0.482. The predicted octanol–water partition coefficient (Wildman–Crippen LogP) is 3.03. The number of amides is 1. The lowest BCUT2D eigenvalue weighted by atomic mass is 10.2. The summed E-state index contributed by atoms with van der Waals surface area (Å²) in [6.45, 7) is 12.1. The van der Waals surface area contributed by atoms with Crippen molar-refractivity contribution >= 4 is 47.4 Å². The molecule has 0 radical (unpaired) electrons. The minimum atomic E-state index is -0.482. The molecular weight excluding hydrogens is 465 g/mol. The number of halogens is 1. The van der Waals surface area contributed by atoms with Gasteiger partial charge in [0, 0.05) is 50.7 Å². The minimum absolute atomic E-state index is 0. The summed E-state index contributed by atoms with van der Waals surface area (Å²) in [5, 5.41) is 7.59. The van der Waals surface area contributed by atoms with Gasteiger partial charge in [-0.1, -0.05) is 0 Å². The third-order valence-electron chi connectivity index (χ3n) is 3.23. The molecule has 0 atom stereocenters. The van der Waals surface area contributed by atoms with Crippen LogP contribution in [0, 0.1) is 6.92 Å². The van der Waals surface area contributed by atoms with Crippen LogP contribution in [0.25, 0.3) is 0 Å². The lowest BCUT2D eigenvalue weighted by Crippen LogP contribution is -2.44. The maximum absolute atomic E-state index is 12.1. The number of ether oxygens (including phenoxy) is 1. The number of aromatic nitrogens is 1. The molecule has 0 aliphatic rings. The van der Waals surface area contributed by atoms with Crippen molar-refractivity contribution in [3.05, 3.63) is 16.1 Å². The van der Waals surface area contributed by atoms with Crippen LogP contribution in [0.4, 0.5) is 4.79 Å². The SMILES string of the molecule is CCN(CCNC(=NC)NCCc1ncc(C)s1)C(=O)OC(C)(C)C.I. The summed E-state index contributed by atoms with van der Waals surface area (Å²) < 4.78 is 5.40. The monoisotopic (exact) mass is 497 g/mol. The van der Waals surface area contributed by atoms with Crippen LogP contribution in [0.1, 0.15) is 37.6 Å². The van der Waals surface area contributed by atoms with E-state index in [0.717, 1.165) is 18.0 Å². The molecule has 9 heteroatoms. The Balaban J connectivity index is 0.00000625. The van der Waals surface area contributed by atoms with Gasteiger partial charge in [-0.25, -0.2) is 9.78 Å². The minimum Gasteiger partial charge on any atom is -0.444 e. The summed E-state index contributed by atoms with van der Waals surface area (Å²) in [5.74, 6) is 0.716. The van der Waals surface area contributed by atoms with E-state index in [1.165, 1.54) is 4.88 Å². The highest BCUT2D eigenvalue weighted by Gasteiger charge is 2.20. The van der Waals surface area contributed by atoms with Crippen molar-refractivity contribution in [3.63, 3.8) is 0 Å². The van der Waals surface area contributed by atoms with E-state index in [4.69, 9.17) is 4.74 Å². The van der Waals surface area contributed by atoms with Crippen LogP contribution in [0.2, 0.25) is 0 Å². The number of hydrogen-bond acceptors (Lipinski definition) is 5. The van der Waals surface area contributed by atoms with Crippen LogP contribution in [-0.4, -0.2) is 60.8 Å². The Bertz CT molecular complexity index is 572. The van der Waals surface area contributed by atoms with E-state index in [0.29, 0.717) is 25.6 Å². The number of carbonyl (C=O) groups excluding carboxylic acids is 1. The second-order valence-corrected chi connectivity index (χ2v) is 7.92. The number of likely N-dealkylation sites (N-methyl/N-ethyl adjacent to an activating group) is 1. The maximum atomic E-state index is 12.1. The third-order valence-corrected chi connectivity index (χ3v) is 4.20. The number of nitrogens with one attached hydrogen (secondary N) is 2. The number of carbonyl (C=O) groups is 1. The molecule has 0 fully saturated rings. The molecule has 1 rings (SSSR count). The molecule has 150 valence electrons. The molecule has 0 saturated heterocycles. The Morgan fingerprint density at radius 3 is 2.50 bits per heavy atom. The Hall–Kier alpha value is -1.10. The Kier molecular flexibility index (Phi) is 11.8. The van der Waals surface area contributed by atoms with Crippen molar-refractivity contribution in [1.82, 2.24) is 20.5 Å². The van der Waals surface area contributed by atoms with Crippen LogP contribution in [-0.2, 0) is 11.2 Å². The zero-order valence-corrected chi connectivity index (χ0v) is 19.7. The molecule has 0 aromatic carbocycles. The predicted molar refractivity (Wildman–Crippen MR) is 119 cm³/mol. The molecule has 0 spiro atoms. The topological polar surface area (TPSA) is 78.9 Å². The van der Waals surface area contributed by atoms with E-state index >= 15 is 0 Å². The van der Waals surface area contributed by atoms with Crippen LogP contribution in [0.3, 0.4) is 0 Å². The van der Waals surface area contributed by atoms with Crippen molar-refractivity contribution in [2.75, 3.05) is 33.2 Å². The van der Waals surface area contributed by atoms with Gasteiger partial charge >= 0.3 is 6.09 Å². The van der Waals surface area contributed by atoms with Gasteiger partial charge in [0.2, 0.25) is 0 Å². The second kappa shape index (κ2) is 12.3. The van der Waals surface area contributed by atoms with Gasteiger partial charge < -0.3 is 20.3 Å². The molecule has 0 unspecified atom stereocenters. The highest BCUT2D eigenvalue weighted by atomic mass is 127. The molecule has 1 amide bonds. The fraction of sp³-hybridized carbons (Fsp3) is 0.706. The number of aryl methyl sites for hydroxylation is 1. The molecule has 0 aliphatic carbocycles. The molecular formula is C17H32IN5O2S. The van der Waals surface area contributed by atoms with E-state index in [1.807, 2.05) is 33.9 Å². The van der Waals surface area contributed by atoms with Crippen molar-refractivity contribution in [2.45, 2.75) is 46.6 Å². The lowest BCUT2D eigenvalue weighted by Gasteiger charge is -2.26. The quantitative estimate of drug-likeness (QED) is 0.344. The summed E-state index contributed by atoms with van der Waals surface area (Å²) in [6, 6.07) is 0. The first kappa shape index (κ1) is 24.9. The van der Waals surface area contributed by atoms with E-state index in [-0.39, 0.29) is 30.1 Å². The molecule has 2 N–H and O–H groups in total. The highest BCUT2D eigenvalue weighted by Crippen LogP contribution is 2.11. The van der Waals surface area contributed by atoms with Crippen LogP contribution in [0.5, 0.6) is 0 Å². The number of thiazole rings is 1. The zero-order valence-electron chi connectivity index (χ0n) is 16.6. The van der Waals surface area contributed by atoms with Gasteiger partial charge in [-0.15, -0.1) is 35.3 Å². The Labute approximate surface area is 178 Å². The summed E-state index contributed by atoms with van der Waals surface area (Å²) in [7, 11) is 1.73. The smallest absolute Gasteiger partial charge is 0.410 e. The van der Waals surface area contributed by atoms with E-state index in [9.17, 15) is 4.79 Å². The van der Waals surface area contributed by atoms with Gasteiger partial charge in [-0.2, -0.15) is 0 Å². The van der Waals surface area contributed by atoms with Gasteiger partial charge in [0.05, 0.1) is 5.01 Å². The lowest BCUT2D eigenvalue weighted by molar-refractivity contribution is 0.0264. The van der Waals surface area contributed by atoms with Crippen LogP contribution in [0.15, 0.2) is 11.2 Å². The fourth-order valence-corrected chi connectivity index (χ4v) is 2.83. The van der Waals surface area contributed by atoms with E-state index in [2.05, 4.69) is 27.5 Å². The third kappa shape index (κ3) is 10.1. The number of aliphatic imine (C=N–C) groups is 1. The molecule has 26 heavy (non-hydrogen) atoms. The second-order valence-electron chi connectivity index (χ2n) is 6.60. The van der Waals surface area contributed by atoms with Crippen molar-refractivity contribution in [3.8, 4) is 0 Å². The van der Waals surface area contributed by atoms with Crippen molar-refractivity contribution in [2.24, 2.45) is 4.99 Å². The maximum Gasteiger partial charge on any atom is 0.410 e. The van der Waals surface area contributed by atoms with Crippen LogP contribution < -0.4 is 10.6 Å². The Morgan fingerprint density at radius 1 is 1.35 bits per heavy atom. The van der Waals surface area contributed by atoms with Gasteiger partial charge in [-0.05, 0) is 34.6 Å². The number of nitrogens with zero attached hydrogens (tertiary/aromatic N) is 3. The average Bonchev–Trinajstić information content (AvgIpc) is 2.93. The van der Waals surface area contributed by atoms with Gasteiger partial charge in [0.15, 0.2) is 5.96 Å². The number of guanidine groups is 1. The summed E-state index contributed by atoms with van der Waals surface area (Å²) >= 11 is 1.71. The fourth-order valence-electron chi connectivity index (χ4n) is 2.04. The number of rotatable bonds is 7. The zero-order chi connectivity index (χ0) is 18.9. The van der Waals surface area contributed by atoms with E-state index < -0.39 is 5.60 Å². The molecule has 0 aliphatic heterocycles. The first-order valence-electron chi connectivity index (χ1n) is 8.59. The highest BCUT2D eigenvalue weighted by molar-refractivity contribution is 14.0. The first-order valence-corrected chi connectivity index (χ1v) is 9.40. The first-order chi connectivity index (χ1) is 11.7. The molecule has 0 saturated carbocycles. The molecule has 7 nitrogen and oxygen atoms in total. The van der Waals surface area contributed by atoms with Gasteiger partial charge in [0.25, 0.3) is 0 Å². The van der Waals surface area contributed by atoms with Crippen LogP contribution >= 0.6 is 35.3 Å². The molecule has 1 heterocycles. The normalized spacial score (nSPS) is 11.5. The molecule has 1 aromatic heterocycles. The standard InChI is InChI=1S/C17H31N5O2S.HI/c1-7-22(16(23)24-17(3,4)5)11-10-20-15(18-6)19-9-8-14-21-12-13(2)25-14;/h12H,7-11H2,1-6H3,(H2,18,19,20);1H. The molecule has 0 bridgehead atoms. The van der Waals surface area contributed by atoms with Gasteiger partial charge in [-0.3, -0.25) is 4.99 Å². The van der Waals surface area contributed by atoms with E-state index in [1.54, 1.807) is 23.3 Å². The number of hydrogen-bond donors (Lipinski definition) is 2. The molecule has 1 aromatic rings. The van der Waals surface area contributed by atoms with Crippen molar-refractivity contribution in [1.29, 1.82) is 0 Å². The Morgan fingerprint density at radius 2 is 2.00 bits per heavy atom. The van der Waals surface area contributed by atoms with Gasteiger partial charge in [0.1, 0.15) is 5.60 Å². The largest absolute Gasteiger partial charge is 0.444 e. The van der Waals surface area contributed by atoms with Crippen molar-refractivity contribution < 1.29 is 9.53 Å².